The Morgan fingerprint density at radius 1 is 1.14 bits per heavy atom. The maximum atomic E-state index is 13.3. The number of amides is 1. The number of rotatable bonds is 6. The van der Waals surface area contributed by atoms with E-state index in [1.807, 2.05) is 0 Å². The summed E-state index contributed by atoms with van der Waals surface area (Å²) in [6.07, 6.45) is 5.13. The minimum absolute atomic E-state index is 0.0218. The molecule has 1 saturated carbocycles. The lowest BCUT2D eigenvalue weighted by Crippen LogP contribution is -2.51. The Kier molecular flexibility index (Phi) is 6.41. The fraction of sp³-hybridized carbons (Fsp3) is 0.611. The quantitative estimate of drug-likeness (QED) is 0.606. The topological polar surface area (TPSA) is 91.8 Å². The van der Waals surface area contributed by atoms with Gasteiger partial charge in [-0.3, -0.25) is 9.10 Å². The molecule has 1 amide bonds. The van der Waals surface area contributed by atoms with Gasteiger partial charge in [0.2, 0.25) is 15.9 Å². The first kappa shape index (κ1) is 21.6. The van der Waals surface area contributed by atoms with E-state index in [-0.39, 0.29) is 36.0 Å². The van der Waals surface area contributed by atoms with E-state index in [2.05, 4.69) is 15.9 Å². The van der Waals surface area contributed by atoms with Crippen LogP contribution in [0.25, 0.3) is 0 Å². The third-order valence-electron chi connectivity index (χ3n) is 5.41. The van der Waals surface area contributed by atoms with E-state index in [0.29, 0.717) is 16.6 Å². The lowest BCUT2D eigenvalue weighted by Gasteiger charge is -2.36. The van der Waals surface area contributed by atoms with Gasteiger partial charge in [-0.15, -0.1) is 0 Å². The fourth-order valence-corrected chi connectivity index (χ4v) is 7.31. The highest BCUT2D eigenvalue weighted by Crippen LogP contribution is 2.31. The largest absolute Gasteiger partial charge is 0.334 e. The Morgan fingerprint density at radius 2 is 1.79 bits per heavy atom. The lowest BCUT2D eigenvalue weighted by atomic mass is 10.1. The number of sulfonamides is 1. The molecule has 0 radical (unpaired) electrons. The monoisotopic (exact) mass is 492 g/mol. The number of para-hydroxylation sites is 1. The van der Waals surface area contributed by atoms with Gasteiger partial charge in [-0.25, -0.2) is 16.8 Å². The number of sulfone groups is 1. The van der Waals surface area contributed by atoms with Crippen LogP contribution in [0.3, 0.4) is 0 Å². The first-order valence-corrected chi connectivity index (χ1v) is 13.8. The van der Waals surface area contributed by atoms with Crippen LogP contribution >= 0.6 is 15.9 Å². The van der Waals surface area contributed by atoms with Crippen LogP contribution in [-0.4, -0.2) is 64.0 Å². The van der Waals surface area contributed by atoms with Gasteiger partial charge in [0.05, 0.1) is 23.4 Å². The number of benzene rings is 1. The fourth-order valence-electron chi connectivity index (χ4n) is 4.12. The summed E-state index contributed by atoms with van der Waals surface area (Å²) in [5.41, 5.74) is 0.392. The van der Waals surface area contributed by atoms with E-state index in [4.69, 9.17) is 0 Å². The maximum absolute atomic E-state index is 13.3. The lowest BCUT2D eigenvalue weighted by molar-refractivity contribution is -0.133. The Balaban J connectivity index is 1.90. The molecule has 2 aliphatic rings. The SMILES string of the molecule is CS(=O)(=O)N(CC(=O)N(C1CCCC1)C1CCS(=O)(=O)C1)c1ccccc1Br. The highest BCUT2D eigenvalue weighted by Gasteiger charge is 2.40. The van der Waals surface area contributed by atoms with Crippen molar-refractivity contribution in [3.05, 3.63) is 28.7 Å². The number of halogens is 1. The van der Waals surface area contributed by atoms with E-state index >= 15 is 0 Å². The van der Waals surface area contributed by atoms with E-state index < -0.39 is 19.9 Å². The van der Waals surface area contributed by atoms with Gasteiger partial charge in [0.25, 0.3) is 0 Å². The second kappa shape index (κ2) is 8.31. The van der Waals surface area contributed by atoms with Crippen molar-refractivity contribution in [2.24, 2.45) is 0 Å². The molecular formula is C18H25BrN2O5S2. The Bertz CT molecular complexity index is 942. The average Bonchev–Trinajstić information content (AvgIpc) is 3.23. The summed E-state index contributed by atoms with van der Waals surface area (Å²) >= 11 is 3.35. The molecule has 0 N–H and O–H groups in total. The average molecular weight is 493 g/mol. The van der Waals surface area contributed by atoms with Gasteiger partial charge in [0.15, 0.2) is 9.84 Å². The van der Waals surface area contributed by atoms with Gasteiger partial charge in [-0.1, -0.05) is 25.0 Å². The Morgan fingerprint density at radius 3 is 2.32 bits per heavy atom. The summed E-state index contributed by atoms with van der Waals surface area (Å²) < 4.78 is 50.5. The van der Waals surface area contributed by atoms with Crippen LogP contribution in [0.5, 0.6) is 0 Å². The standard InChI is InChI=1S/C18H25BrN2O5S2/c1-27(23,24)20(17-9-5-4-8-16(17)19)12-18(22)21(14-6-2-3-7-14)15-10-11-28(25,26)13-15/h4-5,8-9,14-15H,2-3,6-7,10-13H2,1H3. The number of hydrogen-bond donors (Lipinski definition) is 0. The van der Waals surface area contributed by atoms with Crippen molar-refractivity contribution in [1.29, 1.82) is 0 Å². The molecule has 1 aromatic carbocycles. The summed E-state index contributed by atoms with van der Waals surface area (Å²) in [7, 11) is -6.85. The molecular weight excluding hydrogens is 468 g/mol. The summed E-state index contributed by atoms with van der Waals surface area (Å²) in [5.74, 6) is -0.299. The first-order chi connectivity index (χ1) is 13.1. The van der Waals surface area contributed by atoms with Crippen LogP contribution in [0.1, 0.15) is 32.1 Å². The Labute approximate surface area is 175 Å². The summed E-state index contributed by atoms with van der Waals surface area (Å²) in [5, 5.41) is 0. The van der Waals surface area contributed by atoms with Crippen LogP contribution in [0.15, 0.2) is 28.7 Å². The molecule has 0 spiro atoms. The van der Waals surface area contributed by atoms with Gasteiger partial charge in [-0.2, -0.15) is 0 Å². The maximum Gasteiger partial charge on any atom is 0.243 e. The predicted molar refractivity (Wildman–Crippen MR) is 112 cm³/mol. The van der Waals surface area contributed by atoms with E-state index in [1.54, 1.807) is 29.2 Å². The van der Waals surface area contributed by atoms with Crippen molar-refractivity contribution in [2.45, 2.75) is 44.2 Å². The zero-order valence-corrected chi connectivity index (χ0v) is 19.0. The number of carbonyl (C=O) groups is 1. The number of carbonyl (C=O) groups excluding carboxylic acids is 1. The van der Waals surface area contributed by atoms with Crippen LogP contribution in [0.2, 0.25) is 0 Å². The molecule has 1 atom stereocenters. The molecule has 2 fully saturated rings. The van der Waals surface area contributed by atoms with Gasteiger partial charge in [0, 0.05) is 16.6 Å². The second-order valence-electron chi connectivity index (χ2n) is 7.52. The predicted octanol–water partition coefficient (Wildman–Crippen LogP) is 2.17. The highest BCUT2D eigenvalue weighted by molar-refractivity contribution is 9.10. The van der Waals surface area contributed by atoms with Crippen molar-refractivity contribution in [3.63, 3.8) is 0 Å². The van der Waals surface area contributed by atoms with Crippen molar-refractivity contribution in [3.8, 4) is 0 Å². The number of anilines is 1. The summed E-state index contributed by atoms with van der Waals surface area (Å²) in [6.45, 7) is -0.339. The molecule has 0 aromatic heterocycles. The van der Waals surface area contributed by atoms with E-state index in [1.165, 1.54) is 0 Å². The Hall–Kier alpha value is -1.13. The van der Waals surface area contributed by atoms with Crippen molar-refractivity contribution < 1.29 is 21.6 Å². The summed E-state index contributed by atoms with van der Waals surface area (Å²) in [6, 6.07) is 6.44. The van der Waals surface area contributed by atoms with Crippen LogP contribution in [0, 0.1) is 0 Å². The molecule has 28 heavy (non-hydrogen) atoms. The molecule has 156 valence electrons. The normalized spacial score (nSPS) is 22.3. The molecule has 1 saturated heterocycles. The van der Waals surface area contributed by atoms with Crippen molar-refractivity contribution in [2.75, 3.05) is 28.6 Å². The van der Waals surface area contributed by atoms with E-state index in [9.17, 15) is 21.6 Å². The molecule has 1 heterocycles. The third kappa shape index (κ3) is 4.88. The summed E-state index contributed by atoms with van der Waals surface area (Å²) in [4.78, 5) is 15.0. The molecule has 0 bridgehead atoms. The zero-order chi connectivity index (χ0) is 20.5. The van der Waals surface area contributed by atoms with Gasteiger partial charge in [-0.05, 0) is 47.3 Å². The van der Waals surface area contributed by atoms with Crippen molar-refractivity contribution >= 4 is 47.4 Å². The highest BCUT2D eigenvalue weighted by atomic mass is 79.9. The van der Waals surface area contributed by atoms with Gasteiger partial charge >= 0.3 is 0 Å². The molecule has 1 unspecified atom stereocenters. The van der Waals surface area contributed by atoms with Gasteiger partial charge in [0.1, 0.15) is 6.54 Å². The smallest absolute Gasteiger partial charge is 0.243 e. The molecule has 3 rings (SSSR count). The van der Waals surface area contributed by atoms with Crippen molar-refractivity contribution in [1.82, 2.24) is 4.90 Å². The number of hydrogen-bond acceptors (Lipinski definition) is 5. The minimum atomic E-state index is -3.70. The molecule has 10 heteroatoms. The molecule has 1 aliphatic carbocycles. The molecule has 1 aliphatic heterocycles. The van der Waals surface area contributed by atoms with E-state index in [0.717, 1.165) is 36.2 Å². The third-order valence-corrected chi connectivity index (χ3v) is 8.96. The van der Waals surface area contributed by atoms with Crippen LogP contribution in [-0.2, 0) is 24.7 Å². The first-order valence-electron chi connectivity index (χ1n) is 9.32. The second-order valence-corrected chi connectivity index (χ2v) is 12.5. The number of nitrogens with zero attached hydrogens (tertiary/aromatic N) is 2. The molecule has 7 nitrogen and oxygen atoms in total. The van der Waals surface area contributed by atoms with Gasteiger partial charge < -0.3 is 4.90 Å². The van der Waals surface area contributed by atoms with Crippen LogP contribution < -0.4 is 4.31 Å². The molecule has 1 aromatic rings. The minimum Gasteiger partial charge on any atom is -0.334 e. The van der Waals surface area contributed by atoms with Crippen LogP contribution in [0.4, 0.5) is 5.69 Å². The zero-order valence-electron chi connectivity index (χ0n) is 15.8.